The number of halogens is 1. The van der Waals surface area contributed by atoms with Gasteiger partial charge in [-0.2, -0.15) is 0 Å². The Morgan fingerprint density at radius 2 is 2.08 bits per heavy atom. The molecule has 1 aromatic carbocycles. The van der Waals surface area contributed by atoms with Gasteiger partial charge in [-0.25, -0.2) is 9.37 Å². The molecule has 1 aliphatic rings. The summed E-state index contributed by atoms with van der Waals surface area (Å²) in [5.41, 5.74) is 3.88. The van der Waals surface area contributed by atoms with Crippen LogP contribution in [0.1, 0.15) is 12.8 Å². The van der Waals surface area contributed by atoms with Crippen LogP contribution >= 0.6 is 11.3 Å². The highest BCUT2D eigenvalue weighted by atomic mass is 32.1. The minimum atomic E-state index is -0.651. The van der Waals surface area contributed by atoms with Gasteiger partial charge in [-0.3, -0.25) is 9.88 Å². The third-order valence-electron chi connectivity index (χ3n) is 4.68. The largest absolute Gasteiger partial charge is 0.343 e. The maximum Gasteiger partial charge on any atom is 0.130 e. The molecule has 0 radical (unpaired) electrons. The number of hydrogen-bond donors (Lipinski definition) is 1. The van der Waals surface area contributed by atoms with Crippen molar-refractivity contribution >= 4 is 27.9 Å². The highest BCUT2D eigenvalue weighted by molar-refractivity contribution is 7.13. The predicted octanol–water partition coefficient (Wildman–Crippen LogP) is 4.72. The zero-order chi connectivity index (χ0) is 17.9. The molecule has 0 aliphatic carbocycles. The van der Waals surface area contributed by atoms with Crippen LogP contribution in [0.15, 0.2) is 54.4 Å². The van der Waals surface area contributed by atoms with E-state index in [-0.39, 0.29) is 0 Å². The van der Waals surface area contributed by atoms with Crippen LogP contribution in [0.3, 0.4) is 0 Å². The predicted molar refractivity (Wildman–Crippen MR) is 106 cm³/mol. The summed E-state index contributed by atoms with van der Waals surface area (Å²) in [6, 6.07) is 8.37. The van der Waals surface area contributed by atoms with Crippen molar-refractivity contribution in [1.82, 2.24) is 14.9 Å². The summed E-state index contributed by atoms with van der Waals surface area (Å²) in [6.45, 7) is 6.39. The number of aromatic nitrogens is 2. The summed E-state index contributed by atoms with van der Waals surface area (Å²) in [5.74, 6) is 0.782. The molecular formula is C20H21FN4S. The summed E-state index contributed by atoms with van der Waals surface area (Å²) < 4.78 is 13.2. The Kier molecular flexibility index (Phi) is 4.95. The Balaban J connectivity index is 1.47. The highest BCUT2D eigenvalue weighted by Gasteiger charge is 2.18. The molecule has 0 unspecified atom stereocenters. The van der Waals surface area contributed by atoms with Gasteiger partial charge >= 0.3 is 0 Å². The van der Waals surface area contributed by atoms with E-state index in [0.29, 0.717) is 19.4 Å². The van der Waals surface area contributed by atoms with E-state index in [1.165, 1.54) is 0 Å². The van der Waals surface area contributed by atoms with Gasteiger partial charge in [0.25, 0.3) is 0 Å². The molecule has 4 rings (SSSR count). The van der Waals surface area contributed by atoms with Crippen LogP contribution in [0.2, 0.25) is 0 Å². The smallest absolute Gasteiger partial charge is 0.130 e. The van der Waals surface area contributed by atoms with Crippen LogP contribution in [0.25, 0.3) is 21.2 Å². The molecule has 3 aromatic rings. The van der Waals surface area contributed by atoms with E-state index < -0.39 is 6.17 Å². The number of benzene rings is 1. The maximum absolute atomic E-state index is 13.2. The lowest BCUT2D eigenvalue weighted by atomic mass is 10.1. The SMILES string of the molecule is C=C(CN1CCC(F)CC1)Nc1cc2cc(-c3cncs3)ccc2cn1. The van der Waals surface area contributed by atoms with Gasteiger partial charge in [0.15, 0.2) is 0 Å². The molecule has 1 aliphatic heterocycles. The normalized spacial score (nSPS) is 16.0. The number of alkyl halides is 1. The van der Waals surface area contributed by atoms with Crippen LogP contribution in [-0.2, 0) is 0 Å². The topological polar surface area (TPSA) is 41.0 Å². The molecule has 2 aromatic heterocycles. The number of thiazole rings is 1. The molecule has 0 bridgehead atoms. The van der Waals surface area contributed by atoms with Crippen molar-refractivity contribution in [3.8, 4) is 10.4 Å². The number of nitrogens with zero attached hydrogens (tertiary/aromatic N) is 3. The van der Waals surface area contributed by atoms with Crippen molar-refractivity contribution in [2.75, 3.05) is 25.0 Å². The van der Waals surface area contributed by atoms with E-state index in [2.05, 4.69) is 45.0 Å². The van der Waals surface area contributed by atoms with E-state index in [4.69, 9.17) is 0 Å². The van der Waals surface area contributed by atoms with Crippen LogP contribution in [0.5, 0.6) is 0 Å². The third-order valence-corrected chi connectivity index (χ3v) is 5.50. The van der Waals surface area contributed by atoms with Crippen molar-refractivity contribution in [2.24, 2.45) is 0 Å². The average molecular weight is 368 g/mol. The molecule has 6 heteroatoms. The zero-order valence-corrected chi connectivity index (χ0v) is 15.3. The van der Waals surface area contributed by atoms with Crippen LogP contribution < -0.4 is 5.32 Å². The van der Waals surface area contributed by atoms with Gasteiger partial charge < -0.3 is 5.32 Å². The summed E-state index contributed by atoms with van der Waals surface area (Å²) >= 11 is 1.63. The van der Waals surface area contributed by atoms with Gasteiger partial charge in [0, 0.05) is 43.1 Å². The Morgan fingerprint density at radius 1 is 1.23 bits per heavy atom. The van der Waals surface area contributed by atoms with Crippen molar-refractivity contribution in [1.29, 1.82) is 0 Å². The van der Waals surface area contributed by atoms with Crippen molar-refractivity contribution in [3.05, 3.63) is 54.4 Å². The first-order valence-corrected chi connectivity index (χ1v) is 9.65. The first-order valence-electron chi connectivity index (χ1n) is 8.77. The summed E-state index contributed by atoms with van der Waals surface area (Å²) in [4.78, 5) is 12.0. The summed E-state index contributed by atoms with van der Waals surface area (Å²) in [5, 5.41) is 5.52. The molecule has 1 saturated heterocycles. The summed E-state index contributed by atoms with van der Waals surface area (Å²) in [7, 11) is 0. The molecule has 4 nitrogen and oxygen atoms in total. The maximum atomic E-state index is 13.2. The monoisotopic (exact) mass is 368 g/mol. The second kappa shape index (κ2) is 7.51. The Labute approximate surface area is 156 Å². The number of piperidine rings is 1. The molecule has 0 amide bonds. The highest BCUT2D eigenvalue weighted by Crippen LogP contribution is 2.28. The van der Waals surface area contributed by atoms with Crippen molar-refractivity contribution in [3.63, 3.8) is 0 Å². The van der Waals surface area contributed by atoms with Gasteiger partial charge in [-0.1, -0.05) is 18.7 Å². The van der Waals surface area contributed by atoms with Gasteiger partial charge in [0.1, 0.15) is 12.0 Å². The van der Waals surface area contributed by atoms with E-state index in [9.17, 15) is 4.39 Å². The van der Waals surface area contributed by atoms with Crippen molar-refractivity contribution in [2.45, 2.75) is 19.0 Å². The molecule has 0 spiro atoms. The minimum absolute atomic E-state index is 0.613. The number of fused-ring (bicyclic) bond motifs is 1. The fourth-order valence-corrected chi connectivity index (χ4v) is 3.89. The van der Waals surface area contributed by atoms with Gasteiger partial charge in [-0.05, 0) is 35.9 Å². The lowest BCUT2D eigenvalue weighted by Crippen LogP contribution is -2.36. The molecule has 134 valence electrons. The molecule has 0 atom stereocenters. The first-order chi connectivity index (χ1) is 12.7. The van der Waals surface area contributed by atoms with Gasteiger partial charge in [0.05, 0.1) is 10.4 Å². The van der Waals surface area contributed by atoms with Crippen LogP contribution in [0, 0.1) is 0 Å². The van der Waals surface area contributed by atoms with E-state index in [1.807, 2.05) is 24.0 Å². The van der Waals surface area contributed by atoms with E-state index in [1.54, 1.807) is 11.3 Å². The first kappa shape index (κ1) is 17.1. The number of hydrogen-bond acceptors (Lipinski definition) is 5. The van der Waals surface area contributed by atoms with Crippen LogP contribution in [0.4, 0.5) is 10.2 Å². The lowest BCUT2D eigenvalue weighted by molar-refractivity contribution is 0.160. The third kappa shape index (κ3) is 3.92. The van der Waals surface area contributed by atoms with Gasteiger partial charge in [0.2, 0.25) is 0 Å². The second-order valence-corrected chi connectivity index (χ2v) is 7.56. The fraction of sp³-hybridized carbons (Fsp3) is 0.300. The Bertz CT molecular complexity index is 901. The molecule has 26 heavy (non-hydrogen) atoms. The molecule has 1 N–H and O–H groups in total. The molecule has 1 fully saturated rings. The second-order valence-electron chi connectivity index (χ2n) is 6.68. The molecule has 3 heterocycles. The fourth-order valence-electron chi connectivity index (χ4n) is 3.27. The average Bonchev–Trinajstić information content (AvgIpc) is 3.18. The lowest BCUT2D eigenvalue weighted by Gasteiger charge is -2.29. The molecular weight excluding hydrogens is 347 g/mol. The van der Waals surface area contributed by atoms with Crippen LogP contribution in [-0.4, -0.2) is 40.7 Å². The zero-order valence-electron chi connectivity index (χ0n) is 14.5. The molecule has 0 saturated carbocycles. The number of nitrogens with one attached hydrogen (secondary N) is 1. The Hall–Kier alpha value is -2.31. The quantitative estimate of drug-likeness (QED) is 0.708. The summed E-state index contributed by atoms with van der Waals surface area (Å²) in [6.07, 6.45) is 4.33. The number of rotatable bonds is 5. The Morgan fingerprint density at radius 3 is 2.85 bits per heavy atom. The van der Waals surface area contributed by atoms with Gasteiger partial charge in [-0.15, -0.1) is 11.3 Å². The van der Waals surface area contributed by atoms with E-state index >= 15 is 0 Å². The number of likely N-dealkylation sites (tertiary alicyclic amines) is 1. The number of pyridine rings is 1. The standard InChI is InChI=1S/C20H21FN4S/c1-14(12-25-6-4-18(21)5-7-25)24-20-9-17-8-15(19-11-22-13-26-19)2-3-16(17)10-23-20/h2-3,8-11,13,18H,1,4-7,12H2,(H,23,24). The number of anilines is 1. The van der Waals surface area contributed by atoms with E-state index in [0.717, 1.165) is 45.8 Å². The van der Waals surface area contributed by atoms with Crippen molar-refractivity contribution < 1.29 is 4.39 Å². The minimum Gasteiger partial charge on any atom is -0.343 e.